The number of nitrogens with one attached hydrogen (secondary N) is 1. The van der Waals surface area contributed by atoms with Crippen LogP contribution in [0, 0.1) is 5.92 Å². The van der Waals surface area contributed by atoms with Crippen molar-refractivity contribution in [3.8, 4) is 0 Å². The molecule has 1 atom stereocenters. The van der Waals surface area contributed by atoms with E-state index in [1.165, 1.54) is 12.5 Å². The van der Waals surface area contributed by atoms with Gasteiger partial charge in [0.2, 0.25) is 0 Å². The van der Waals surface area contributed by atoms with Crippen LogP contribution in [0.25, 0.3) is 0 Å². The Hall–Kier alpha value is -1.03. The Balaban J connectivity index is 1.98. The fourth-order valence-electron chi connectivity index (χ4n) is 2.55. The molecular weight excluding hydrogens is 251 g/mol. The molecule has 1 aromatic rings. The van der Waals surface area contributed by atoms with Gasteiger partial charge in [-0.05, 0) is 49.4 Å². The van der Waals surface area contributed by atoms with Gasteiger partial charge in [-0.1, -0.05) is 31.2 Å². The molecule has 1 fully saturated rings. The van der Waals surface area contributed by atoms with Crippen molar-refractivity contribution in [2.45, 2.75) is 38.3 Å². The molecule has 1 N–H and O–H groups in total. The quantitative estimate of drug-likeness (QED) is 0.879. The van der Waals surface area contributed by atoms with Crippen LogP contribution in [0.4, 0.5) is 13.2 Å². The van der Waals surface area contributed by atoms with Gasteiger partial charge in [0.05, 0.1) is 5.92 Å². The van der Waals surface area contributed by atoms with E-state index in [2.05, 4.69) is 5.32 Å². The smallest absolute Gasteiger partial charge is 0.317 e. The molecule has 106 valence electrons. The van der Waals surface area contributed by atoms with Gasteiger partial charge in [0.1, 0.15) is 0 Å². The molecule has 1 aliphatic heterocycles. The van der Waals surface area contributed by atoms with Crippen LogP contribution in [0.5, 0.6) is 0 Å². The maximum atomic E-state index is 12.5. The maximum absolute atomic E-state index is 12.5. The third kappa shape index (κ3) is 3.96. The molecule has 0 aromatic heterocycles. The first-order chi connectivity index (χ1) is 8.97. The lowest BCUT2D eigenvalue weighted by Crippen LogP contribution is -2.26. The van der Waals surface area contributed by atoms with E-state index in [1.54, 1.807) is 0 Å². The number of piperidine rings is 1. The van der Waals surface area contributed by atoms with E-state index in [1.807, 2.05) is 24.3 Å². The molecule has 4 heteroatoms. The predicted octanol–water partition coefficient (Wildman–Crippen LogP) is 3.89. The number of rotatable bonds is 3. The Morgan fingerprint density at radius 2 is 1.74 bits per heavy atom. The summed E-state index contributed by atoms with van der Waals surface area (Å²) in [7, 11) is 0. The van der Waals surface area contributed by atoms with Crippen LogP contribution < -0.4 is 5.32 Å². The number of halogens is 3. The summed E-state index contributed by atoms with van der Waals surface area (Å²) in [4.78, 5) is 0. The Kier molecular flexibility index (Phi) is 4.50. The minimum absolute atomic E-state index is 0.0655. The molecule has 1 aromatic carbocycles. The van der Waals surface area contributed by atoms with Crippen molar-refractivity contribution in [3.63, 3.8) is 0 Å². The van der Waals surface area contributed by atoms with Gasteiger partial charge < -0.3 is 5.32 Å². The zero-order valence-corrected chi connectivity index (χ0v) is 11.1. The Morgan fingerprint density at radius 3 is 2.26 bits per heavy atom. The molecule has 1 aliphatic rings. The first kappa shape index (κ1) is 14.4. The topological polar surface area (TPSA) is 12.0 Å². The molecular formula is C15H20F3N. The monoisotopic (exact) mass is 271 g/mol. The maximum Gasteiger partial charge on any atom is 0.391 e. The van der Waals surface area contributed by atoms with E-state index >= 15 is 0 Å². The number of hydrogen-bond acceptors (Lipinski definition) is 1. The molecule has 1 unspecified atom stereocenters. The molecule has 1 heterocycles. The summed E-state index contributed by atoms with van der Waals surface area (Å²) in [6.07, 6.45) is -1.82. The highest BCUT2D eigenvalue weighted by Crippen LogP contribution is 2.30. The number of hydrogen-bond donors (Lipinski definition) is 1. The molecule has 19 heavy (non-hydrogen) atoms. The van der Waals surface area contributed by atoms with Gasteiger partial charge in [-0.3, -0.25) is 0 Å². The summed E-state index contributed by atoms with van der Waals surface area (Å²) >= 11 is 0. The van der Waals surface area contributed by atoms with Crippen molar-refractivity contribution in [1.29, 1.82) is 0 Å². The Labute approximate surface area is 112 Å². The van der Waals surface area contributed by atoms with Crippen molar-refractivity contribution >= 4 is 0 Å². The van der Waals surface area contributed by atoms with Crippen molar-refractivity contribution in [2.24, 2.45) is 5.92 Å². The SMILES string of the molecule is CC(Cc1ccc(C2CCNCC2)cc1)C(F)(F)F. The normalized spacial score (nSPS) is 19.4. The molecule has 0 amide bonds. The van der Waals surface area contributed by atoms with Crippen molar-refractivity contribution in [2.75, 3.05) is 13.1 Å². The van der Waals surface area contributed by atoms with Gasteiger partial charge in [-0.15, -0.1) is 0 Å². The standard InChI is InChI=1S/C15H20F3N/c1-11(15(16,17)18)10-12-2-4-13(5-3-12)14-6-8-19-9-7-14/h2-5,11,14,19H,6-10H2,1H3. The second-order valence-electron chi connectivity index (χ2n) is 5.41. The third-order valence-corrected chi connectivity index (χ3v) is 3.89. The van der Waals surface area contributed by atoms with E-state index in [0.717, 1.165) is 31.5 Å². The van der Waals surface area contributed by atoms with E-state index in [-0.39, 0.29) is 6.42 Å². The third-order valence-electron chi connectivity index (χ3n) is 3.89. The van der Waals surface area contributed by atoms with Crippen LogP contribution in [0.15, 0.2) is 24.3 Å². The fraction of sp³-hybridized carbons (Fsp3) is 0.600. The van der Waals surface area contributed by atoms with Crippen LogP contribution in [-0.4, -0.2) is 19.3 Å². The summed E-state index contributed by atoms with van der Waals surface area (Å²) in [5.41, 5.74) is 2.02. The highest BCUT2D eigenvalue weighted by molar-refractivity contribution is 5.26. The van der Waals surface area contributed by atoms with Crippen molar-refractivity contribution in [1.82, 2.24) is 5.32 Å². The molecule has 0 spiro atoms. The van der Waals surface area contributed by atoms with Crippen LogP contribution >= 0.6 is 0 Å². The van der Waals surface area contributed by atoms with Gasteiger partial charge in [0.25, 0.3) is 0 Å². The van der Waals surface area contributed by atoms with Gasteiger partial charge in [-0.2, -0.15) is 13.2 Å². The van der Waals surface area contributed by atoms with Gasteiger partial charge >= 0.3 is 6.18 Å². The van der Waals surface area contributed by atoms with E-state index in [9.17, 15) is 13.2 Å². The zero-order chi connectivity index (χ0) is 13.9. The van der Waals surface area contributed by atoms with Crippen LogP contribution in [0.1, 0.15) is 36.8 Å². The van der Waals surface area contributed by atoms with Gasteiger partial charge in [0.15, 0.2) is 0 Å². The molecule has 2 rings (SSSR count). The lowest BCUT2D eigenvalue weighted by molar-refractivity contribution is -0.169. The summed E-state index contributed by atoms with van der Waals surface area (Å²) in [6, 6.07) is 7.68. The van der Waals surface area contributed by atoms with Gasteiger partial charge in [-0.25, -0.2) is 0 Å². The minimum Gasteiger partial charge on any atom is -0.317 e. The lowest BCUT2D eigenvalue weighted by atomic mass is 9.89. The summed E-state index contributed by atoms with van der Waals surface area (Å²) in [5, 5.41) is 3.31. The van der Waals surface area contributed by atoms with Crippen LogP contribution in [0.3, 0.4) is 0 Å². The second-order valence-corrected chi connectivity index (χ2v) is 5.41. The summed E-state index contributed by atoms with van der Waals surface area (Å²) in [6.45, 7) is 3.29. The molecule has 0 bridgehead atoms. The van der Waals surface area contributed by atoms with E-state index in [0.29, 0.717) is 5.92 Å². The first-order valence-electron chi connectivity index (χ1n) is 6.83. The molecule has 1 nitrogen and oxygen atoms in total. The Morgan fingerprint density at radius 1 is 1.16 bits per heavy atom. The molecule has 0 radical (unpaired) electrons. The Bertz CT molecular complexity index is 391. The average Bonchev–Trinajstić information content (AvgIpc) is 2.39. The minimum atomic E-state index is -4.10. The van der Waals surface area contributed by atoms with Crippen LogP contribution in [0.2, 0.25) is 0 Å². The van der Waals surface area contributed by atoms with Crippen molar-refractivity contribution in [3.05, 3.63) is 35.4 Å². The number of benzene rings is 1. The molecule has 0 saturated carbocycles. The molecule has 0 aliphatic carbocycles. The first-order valence-corrected chi connectivity index (χ1v) is 6.83. The second kappa shape index (κ2) is 5.95. The highest BCUT2D eigenvalue weighted by atomic mass is 19.4. The largest absolute Gasteiger partial charge is 0.391 e. The lowest BCUT2D eigenvalue weighted by Gasteiger charge is -2.23. The number of alkyl halides is 3. The van der Waals surface area contributed by atoms with E-state index in [4.69, 9.17) is 0 Å². The predicted molar refractivity (Wildman–Crippen MR) is 70.2 cm³/mol. The fourth-order valence-corrected chi connectivity index (χ4v) is 2.55. The average molecular weight is 271 g/mol. The van der Waals surface area contributed by atoms with E-state index < -0.39 is 12.1 Å². The van der Waals surface area contributed by atoms with Crippen LogP contribution in [-0.2, 0) is 6.42 Å². The van der Waals surface area contributed by atoms with Gasteiger partial charge in [0, 0.05) is 0 Å². The van der Waals surface area contributed by atoms with Crippen molar-refractivity contribution < 1.29 is 13.2 Å². The summed E-state index contributed by atoms with van der Waals surface area (Å²) in [5.74, 6) is -0.729. The zero-order valence-electron chi connectivity index (χ0n) is 11.1. The molecule has 1 saturated heterocycles. The highest BCUT2D eigenvalue weighted by Gasteiger charge is 2.35. The summed E-state index contributed by atoms with van der Waals surface area (Å²) < 4.78 is 37.5.